The zero-order chi connectivity index (χ0) is 36.5. The Labute approximate surface area is 285 Å². The molecule has 1 amide bonds. The van der Waals surface area contributed by atoms with Crippen LogP contribution in [0.5, 0.6) is 11.5 Å². The van der Waals surface area contributed by atoms with Gasteiger partial charge in [-0.2, -0.15) is 13.2 Å². The molecule has 50 heavy (non-hydrogen) atoms. The number of esters is 1. The van der Waals surface area contributed by atoms with Gasteiger partial charge in [-0.15, -0.1) is 0 Å². The molecule has 2 atom stereocenters. The van der Waals surface area contributed by atoms with E-state index in [4.69, 9.17) is 9.47 Å². The summed E-state index contributed by atoms with van der Waals surface area (Å²) in [6, 6.07) is 8.82. The van der Waals surface area contributed by atoms with Crippen LogP contribution in [0.2, 0.25) is 0 Å². The topological polar surface area (TPSA) is 89.9 Å². The highest BCUT2D eigenvalue weighted by Gasteiger charge is 2.37. The molecule has 3 aromatic carbocycles. The van der Waals surface area contributed by atoms with Gasteiger partial charge in [0.25, 0.3) is 5.56 Å². The van der Waals surface area contributed by atoms with Crippen molar-refractivity contribution >= 4 is 11.9 Å². The summed E-state index contributed by atoms with van der Waals surface area (Å²) in [7, 11) is 3.32. The lowest BCUT2D eigenvalue weighted by Crippen LogP contribution is -2.41. The van der Waals surface area contributed by atoms with Crippen molar-refractivity contribution < 1.29 is 41.0 Å². The number of aryl methyl sites for hydroxylation is 2. The number of alkyl halides is 3. The lowest BCUT2D eigenvalue weighted by molar-refractivity contribution is -0.144. The number of hydrogen-bond acceptors (Lipinski definition) is 6. The molecule has 0 aliphatic carbocycles. The number of carbonyl (C=O) groups excluding carboxylic acids is 2. The number of fused-ring (bicyclic) bond motifs is 6. The van der Waals surface area contributed by atoms with Crippen LogP contribution in [-0.2, 0) is 26.9 Å². The molecule has 0 spiro atoms. The van der Waals surface area contributed by atoms with Crippen LogP contribution in [0, 0.1) is 25.5 Å². The highest BCUT2D eigenvalue weighted by atomic mass is 19.4. The molecule has 0 saturated carbocycles. The van der Waals surface area contributed by atoms with Crippen LogP contribution in [-0.4, -0.2) is 48.6 Å². The summed E-state index contributed by atoms with van der Waals surface area (Å²) in [5.41, 5.74) is -1.28. The second-order valence-electron chi connectivity index (χ2n) is 12.4. The molecule has 8 nitrogen and oxygen atoms in total. The van der Waals surface area contributed by atoms with E-state index in [-0.39, 0.29) is 42.0 Å². The van der Waals surface area contributed by atoms with Gasteiger partial charge in [0.1, 0.15) is 29.2 Å². The first-order chi connectivity index (χ1) is 23.6. The SMILES string of the molecule is CCOC(=O)C[C@@H]1NC(=O)[C@H](n2cc(CCN(C)C)c(C(F)(F)F)cc2=O)c2cc(ccc2F)Oc2cccc(C)c2-c2cc(C)c(F)c1c2. The predicted octanol–water partition coefficient (Wildman–Crippen LogP) is 7.04. The number of ether oxygens (including phenoxy) is 2. The van der Waals surface area contributed by atoms with Gasteiger partial charge >= 0.3 is 12.1 Å². The number of carbonyl (C=O) groups is 2. The van der Waals surface area contributed by atoms with Gasteiger partial charge in [0.05, 0.1) is 24.6 Å². The first kappa shape index (κ1) is 36.2. The fraction of sp³-hybridized carbons (Fsp3) is 0.324. The van der Waals surface area contributed by atoms with Crippen LogP contribution in [0.4, 0.5) is 22.0 Å². The van der Waals surface area contributed by atoms with Crippen LogP contribution < -0.4 is 15.6 Å². The number of hydrogen-bond donors (Lipinski definition) is 1. The maximum absolute atomic E-state index is 16.0. The van der Waals surface area contributed by atoms with Gasteiger partial charge in [-0.1, -0.05) is 12.1 Å². The van der Waals surface area contributed by atoms with Gasteiger partial charge in [0, 0.05) is 35.5 Å². The maximum atomic E-state index is 16.0. The Hall–Kier alpha value is -5.04. The largest absolute Gasteiger partial charge is 0.466 e. The predicted molar refractivity (Wildman–Crippen MR) is 176 cm³/mol. The number of aromatic nitrogens is 1. The van der Waals surface area contributed by atoms with E-state index < -0.39 is 64.9 Å². The Morgan fingerprint density at radius 2 is 1.74 bits per heavy atom. The first-order valence-electron chi connectivity index (χ1n) is 15.9. The van der Waals surface area contributed by atoms with Crippen molar-refractivity contribution in [2.75, 3.05) is 27.2 Å². The number of pyridine rings is 1. The van der Waals surface area contributed by atoms with Crippen LogP contribution in [0.15, 0.2) is 65.6 Å². The van der Waals surface area contributed by atoms with Crippen molar-refractivity contribution in [3.63, 3.8) is 0 Å². The van der Waals surface area contributed by atoms with Gasteiger partial charge in [-0.05, 0) is 99.9 Å². The summed E-state index contributed by atoms with van der Waals surface area (Å²) in [6.45, 7) is 5.05. The minimum absolute atomic E-state index is 0.0116. The molecule has 5 rings (SSSR count). The minimum Gasteiger partial charge on any atom is -0.466 e. The normalized spacial score (nSPS) is 16.0. The molecular weight excluding hydrogens is 661 g/mol. The summed E-state index contributed by atoms with van der Waals surface area (Å²) < 4.78 is 86.4. The average molecular weight is 698 g/mol. The Balaban J connectivity index is 1.82. The molecule has 1 aromatic heterocycles. The van der Waals surface area contributed by atoms with E-state index in [1.165, 1.54) is 25.1 Å². The molecule has 2 heterocycles. The molecular formula is C37H36F5N3O5. The lowest BCUT2D eigenvalue weighted by Gasteiger charge is -2.26. The summed E-state index contributed by atoms with van der Waals surface area (Å²) in [4.78, 5) is 42.4. The molecule has 0 radical (unpaired) electrons. The average Bonchev–Trinajstić information content (AvgIpc) is 3.03. The van der Waals surface area contributed by atoms with Crippen molar-refractivity contribution in [3.05, 3.63) is 116 Å². The molecule has 4 bridgehead atoms. The van der Waals surface area contributed by atoms with Crippen LogP contribution in [0.1, 0.15) is 58.8 Å². The second-order valence-corrected chi connectivity index (χ2v) is 12.4. The van der Waals surface area contributed by atoms with E-state index in [1.807, 2.05) is 13.0 Å². The first-order valence-corrected chi connectivity index (χ1v) is 15.9. The highest BCUT2D eigenvalue weighted by molar-refractivity contribution is 5.85. The second kappa shape index (κ2) is 14.4. The maximum Gasteiger partial charge on any atom is 0.416 e. The fourth-order valence-electron chi connectivity index (χ4n) is 6.11. The number of rotatable bonds is 7. The third-order valence-corrected chi connectivity index (χ3v) is 8.49. The number of amides is 1. The lowest BCUT2D eigenvalue weighted by atomic mass is 9.92. The highest BCUT2D eigenvalue weighted by Crippen LogP contribution is 2.40. The molecule has 13 heteroatoms. The number of nitrogens with one attached hydrogen (secondary N) is 1. The third kappa shape index (κ3) is 7.57. The molecule has 0 unspecified atom stereocenters. The Kier molecular flexibility index (Phi) is 10.5. The van der Waals surface area contributed by atoms with Crippen LogP contribution in [0.3, 0.4) is 0 Å². The fourth-order valence-corrected chi connectivity index (χ4v) is 6.11. The Morgan fingerprint density at radius 1 is 1.00 bits per heavy atom. The monoisotopic (exact) mass is 697 g/mol. The summed E-state index contributed by atoms with van der Waals surface area (Å²) in [5, 5.41) is 2.61. The van der Waals surface area contributed by atoms with E-state index in [2.05, 4.69) is 5.32 Å². The van der Waals surface area contributed by atoms with Crippen LogP contribution in [0.25, 0.3) is 11.1 Å². The number of nitrogens with zero attached hydrogens (tertiary/aromatic N) is 2. The molecule has 4 aromatic rings. The zero-order valence-electron chi connectivity index (χ0n) is 28.1. The number of benzene rings is 3. The quantitative estimate of drug-likeness (QED) is 0.165. The molecule has 1 N–H and O–H groups in total. The summed E-state index contributed by atoms with van der Waals surface area (Å²) in [5.74, 6) is -3.23. The van der Waals surface area contributed by atoms with Gasteiger partial charge < -0.3 is 19.7 Å². The van der Waals surface area contributed by atoms with Crippen molar-refractivity contribution in [3.8, 4) is 22.6 Å². The standard InChI is InChI=1S/C37H36F5N3O5/c1-6-49-32(47)18-29-26-15-23(14-21(3)34(26)39)33-20(2)8-7-9-30(33)50-24-10-11-28(38)25(16-24)35(36(48)43-29)45-19-22(12-13-44(4)5)27(17-31(45)46)37(40,41)42/h7-11,14-17,19,29,35H,6,12-13,18H2,1-5H3,(H,43,48)/t29-,35+/m0/s1. The van der Waals surface area contributed by atoms with E-state index in [0.29, 0.717) is 22.9 Å². The third-order valence-electron chi connectivity index (χ3n) is 8.49. The van der Waals surface area contributed by atoms with Crippen molar-refractivity contribution in [1.82, 2.24) is 14.8 Å². The molecule has 1 aliphatic rings. The van der Waals surface area contributed by atoms with Gasteiger partial charge in [-0.3, -0.25) is 19.0 Å². The van der Waals surface area contributed by atoms with Gasteiger partial charge in [0.15, 0.2) is 0 Å². The van der Waals surface area contributed by atoms with E-state index in [9.17, 15) is 27.6 Å². The van der Waals surface area contributed by atoms with Crippen molar-refractivity contribution in [2.24, 2.45) is 0 Å². The van der Waals surface area contributed by atoms with E-state index in [0.717, 1.165) is 22.4 Å². The smallest absolute Gasteiger partial charge is 0.416 e. The summed E-state index contributed by atoms with van der Waals surface area (Å²) in [6.07, 6.45) is -4.72. The summed E-state index contributed by atoms with van der Waals surface area (Å²) >= 11 is 0. The minimum atomic E-state index is -4.90. The van der Waals surface area contributed by atoms with Crippen molar-refractivity contribution in [1.29, 1.82) is 0 Å². The molecule has 1 aliphatic heterocycles. The van der Waals surface area contributed by atoms with E-state index >= 15 is 8.78 Å². The van der Waals surface area contributed by atoms with E-state index in [1.54, 1.807) is 44.1 Å². The molecule has 264 valence electrons. The van der Waals surface area contributed by atoms with Crippen molar-refractivity contribution in [2.45, 2.75) is 51.9 Å². The zero-order valence-corrected chi connectivity index (χ0v) is 28.1. The Morgan fingerprint density at radius 3 is 2.42 bits per heavy atom. The van der Waals surface area contributed by atoms with Gasteiger partial charge in [0.2, 0.25) is 5.91 Å². The molecule has 0 saturated heterocycles. The van der Waals surface area contributed by atoms with Crippen LogP contribution >= 0.6 is 0 Å². The van der Waals surface area contributed by atoms with Gasteiger partial charge in [-0.25, -0.2) is 8.78 Å². The Bertz CT molecular complexity index is 2010. The molecule has 0 fully saturated rings. The number of likely N-dealkylation sites (N-methyl/N-ethyl adjacent to an activating group) is 1. The number of halogens is 5.